The number of urea groups is 1. The molecule has 9 nitrogen and oxygen atoms in total. The lowest BCUT2D eigenvalue weighted by Gasteiger charge is -2.22. The molecule has 0 bridgehead atoms. The van der Waals surface area contributed by atoms with E-state index in [0.717, 1.165) is 4.90 Å². The highest BCUT2D eigenvalue weighted by Gasteiger charge is 2.50. The van der Waals surface area contributed by atoms with E-state index >= 15 is 0 Å². The van der Waals surface area contributed by atoms with E-state index in [4.69, 9.17) is 14.7 Å². The first-order valence-electron chi connectivity index (χ1n) is 7.75. The number of carbonyl (C=O) groups is 3. The van der Waals surface area contributed by atoms with E-state index in [1.165, 1.54) is 6.92 Å². The summed E-state index contributed by atoms with van der Waals surface area (Å²) in [7, 11) is 0. The first-order chi connectivity index (χ1) is 12.3. The summed E-state index contributed by atoms with van der Waals surface area (Å²) in [6.07, 6.45) is 0. The third-order valence-electron chi connectivity index (χ3n) is 4.40. The van der Waals surface area contributed by atoms with Crippen molar-refractivity contribution in [2.45, 2.75) is 12.5 Å². The predicted octanol–water partition coefficient (Wildman–Crippen LogP) is -0.353. The Morgan fingerprint density at radius 3 is 2.81 bits per heavy atom. The Morgan fingerprint density at radius 1 is 1.46 bits per heavy atom. The molecule has 4 N–H and O–H groups in total. The van der Waals surface area contributed by atoms with Gasteiger partial charge in [-0.15, -0.1) is 0 Å². The van der Waals surface area contributed by atoms with Crippen LogP contribution in [0.1, 0.15) is 12.5 Å². The number of nitriles is 1. The number of allylic oxidation sites excluding steroid dienone is 1. The molecule has 0 aliphatic carbocycles. The van der Waals surface area contributed by atoms with Crippen molar-refractivity contribution in [2.75, 3.05) is 13.3 Å². The molecule has 26 heavy (non-hydrogen) atoms. The number of hydrogen-bond donors (Lipinski definition) is 2. The number of carbonyl (C=O) groups excluding carboxylic acids is 3. The molecule has 2 atom stereocenters. The van der Waals surface area contributed by atoms with Gasteiger partial charge in [-0.05, 0) is 31.2 Å². The molecule has 2 aliphatic heterocycles. The molecule has 0 aromatic heterocycles. The van der Waals surface area contributed by atoms with Crippen LogP contribution in [0, 0.1) is 17.2 Å². The fourth-order valence-corrected chi connectivity index (χ4v) is 2.88. The van der Waals surface area contributed by atoms with Gasteiger partial charge in [0.1, 0.15) is 11.2 Å². The third-order valence-corrected chi connectivity index (χ3v) is 4.40. The van der Waals surface area contributed by atoms with E-state index < -0.39 is 35.7 Å². The van der Waals surface area contributed by atoms with Gasteiger partial charge in [-0.2, -0.15) is 5.26 Å². The number of Topliss-reactive ketones (excluding diaryl/α,β-unsaturated/α-hetero) is 1. The van der Waals surface area contributed by atoms with Crippen LogP contribution in [-0.2, 0) is 15.1 Å². The number of rotatable bonds is 5. The maximum Gasteiger partial charge on any atom is 0.325 e. The van der Waals surface area contributed by atoms with Crippen molar-refractivity contribution >= 4 is 17.7 Å². The number of hydrogen-bond acceptors (Lipinski definition) is 6. The highest BCUT2D eigenvalue weighted by molar-refractivity contribution is 6.09. The van der Waals surface area contributed by atoms with Gasteiger partial charge in [0.05, 0.1) is 12.6 Å². The van der Waals surface area contributed by atoms with Crippen LogP contribution in [0.15, 0.2) is 30.5 Å². The molecule has 1 saturated heterocycles. The van der Waals surface area contributed by atoms with Gasteiger partial charge in [-0.25, -0.2) is 4.79 Å². The zero-order chi connectivity index (χ0) is 19.1. The normalized spacial score (nSPS) is 22.0. The SMILES string of the molecule is C=C([NH3+])[C@H](C#N)C(=O)CN1C(=O)N[C@@](C)(c2ccc3c(c2)OCO3)C1=O. The molecular formula is C17H17N4O5+. The molecule has 0 unspecified atom stereocenters. The van der Waals surface area contributed by atoms with Gasteiger partial charge >= 0.3 is 6.03 Å². The number of nitrogens with zero attached hydrogens (tertiary/aromatic N) is 2. The Labute approximate surface area is 148 Å². The number of amides is 3. The van der Waals surface area contributed by atoms with Gasteiger partial charge in [0.15, 0.2) is 23.2 Å². The van der Waals surface area contributed by atoms with Crippen molar-refractivity contribution < 1.29 is 29.6 Å². The first-order valence-corrected chi connectivity index (χ1v) is 7.75. The summed E-state index contributed by atoms with van der Waals surface area (Å²) in [5, 5.41) is 11.6. The van der Waals surface area contributed by atoms with Crippen LogP contribution in [-0.4, -0.2) is 36.0 Å². The average molecular weight is 357 g/mol. The largest absolute Gasteiger partial charge is 0.454 e. The van der Waals surface area contributed by atoms with Crippen LogP contribution in [0.4, 0.5) is 4.79 Å². The summed E-state index contributed by atoms with van der Waals surface area (Å²) < 4.78 is 10.5. The Hall–Kier alpha value is -3.38. The summed E-state index contributed by atoms with van der Waals surface area (Å²) in [6.45, 7) is 4.58. The van der Waals surface area contributed by atoms with Crippen LogP contribution >= 0.6 is 0 Å². The zero-order valence-corrected chi connectivity index (χ0v) is 14.1. The van der Waals surface area contributed by atoms with Crippen molar-refractivity contribution in [3.8, 4) is 17.6 Å². The van der Waals surface area contributed by atoms with Gasteiger partial charge in [0, 0.05) is 0 Å². The fraction of sp³-hybridized carbons (Fsp3) is 0.294. The number of nitrogens with one attached hydrogen (secondary N) is 1. The van der Waals surface area contributed by atoms with Crippen LogP contribution in [0.2, 0.25) is 0 Å². The molecule has 3 amide bonds. The Kier molecular flexibility index (Phi) is 4.13. The van der Waals surface area contributed by atoms with Crippen molar-refractivity contribution in [3.05, 3.63) is 36.0 Å². The maximum absolute atomic E-state index is 12.9. The van der Waals surface area contributed by atoms with Crippen LogP contribution in [0.25, 0.3) is 0 Å². The molecule has 2 aliphatic rings. The number of ether oxygens (including phenoxy) is 2. The average Bonchev–Trinajstić information content (AvgIpc) is 3.13. The smallest absolute Gasteiger partial charge is 0.325 e. The van der Waals surface area contributed by atoms with E-state index in [1.807, 2.05) is 0 Å². The predicted molar refractivity (Wildman–Crippen MR) is 86.3 cm³/mol. The third kappa shape index (κ3) is 2.66. The van der Waals surface area contributed by atoms with Gasteiger partial charge < -0.3 is 20.5 Å². The Bertz CT molecular complexity index is 874. The highest BCUT2D eigenvalue weighted by Crippen LogP contribution is 2.37. The van der Waals surface area contributed by atoms with Crippen LogP contribution in [0.3, 0.4) is 0 Å². The van der Waals surface area contributed by atoms with Crippen molar-refractivity contribution in [1.82, 2.24) is 10.2 Å². The number of fused-ring (bicyclic) bond motifs is 1. The summed E-state index contributed by atoms with van der Waals surface area (Å²) in [4.78, 5) is 38.2. The van der Waals surface area contributed by atoms with Gasteiger partial charge in [0.25, 0.3) is 5.91 Å². The minimum absolute atomic E-state index is 0.0842. The molecule has 1 aromatic rings. The fourth-order valence-electron chi connectivity index (χ4n) is 2.88. The number of quaternary nitrogens is 1. The molecular weight excluding hydrogens is 340 g/mol. The summed E-state index contributed by atoms with van der Waals surface area (Å²) in [6, 6.07) is 5.97. The second-order valence-electron chi connectivity index (χ2n) is 6.20. The van der Waals surface area contributed by atoms with Crippen LogP contribution < -0.4 is 20.5 Å². The molecule has 1 aromatic carbocycles. The second kappa shape index (κ2) is 6.16. The number of imide groups is 1. The van der Waals surface area contributed by atoms with E-state index in [0.29, 0.717) is 17.1 Å². The summed E-state index contributed by atoms with van der Waals surface area (Å²) in [5.41, 5.74) is 2.73. The lowest BCUT2D eigenvalue weighted by Crippen LogP contribution is -2.52. The summed E-state index contributed by atoms with van der Waals surface area (Å²) in [5.74, 6) is -1.37. The topological polar surface area (TPSA) is 136 Å². The minimum Gasteiger partial charge on any atom is -0.454 e. The summed E-state index contributed by atoms with van der Waals surface area (Å²) >= 11 is 0. The van der Waals surface area contributed by atoms with E-state index in [1.54, 1.807) is 24.3 Å². The molecule has 3 rings (SSSR count). The lowest BCUT2D eigenvalue weighted by molar-refractivity contribution is -0.309. The van der Waals surface area contributed by atoms with Crippen molar-refractivity contribution in [2.24, 2.45) is 5.92 Å². The standard InChI is InChI=1S/C17H16N4O5/c1-9(19)11(6-18)12(22)7-21-15(23)17(2,20-16(21)24)10-3-4-13-14(5-10)26-8-25-13/h3-5,11H,1,7-8,19H2,2H3,(H,20,24)/p+1/t11-,17-/m0/s1. The van der Waals surface area contributed by atoms with Crippen molar-refractivity contribution in [1.29, 1.82) is 5.26 Å². The monoisotopic (exact) mass is 357 g/mol. The van der Waals surface area contributed by atoms with Gasteiger partial charge in [0.2, 0.25) is 6.79 Å². The first kappa shape index (κ1) is 17.4. The molecule has 2 heterocycles. The van der Waals surface area contributed by atoms with E-state index in [2.05, 4.69) is 17.6 Å². The molecule has 134 valence electrons. The van der Waals surface area contributed by atoms with E-state index in [-0.39, 0.29) is 12.5 Å². The molecule has 0 spiro atoms. The van der Waals surface area contributed by atoms with Crippen LogP contribution in [0.5, 0.6) is 11.5 Å². The number of benzene rings is 1. The van der Waals surface area contributed by atoms with E-state index in [9.17, 15) is 14.4 Å². The Balaban J connectivity index is 1.85. The quantitative estimate of drug-likeness (QED) is 0.691. The van der Waals surface area contributed by atoms with Crippen molar-refractivity contribution in [3.63, 3.8) is 0 Å². The van der Waals surface area contributed by atoms with Gasteiger partial charge in [-0.3, -0.25) is 14.5 Å². The molecule has 0 radical (unpaired) electrons. The zero-order valence-electron chi connectivity index (χ0n) is 14.1. The molecule has 0 saturated carbocycles. The highest BCUT2D eigenvalue weighted by atomic mass is 16.7. The Morgan fingerprint density at radius 2 is 2.15 bits per heavy atom. The molecule has 1 fully saturated rings. The maximum atomic E-state index is 12.9. The molecule has 9 heteroatoms. The minimum atomic E-state index is -1.36. The second-order valence-corrected chi connectivity index (χ2v) is 6.20. The number of ketones is 1. The van der Waals surface area contributed by atoms with Gasteiger partial charge in [-0.1, -0.05) is 6.07 Å². The lowest BCUT2D eigenvalue weighted by atomic mass is 9.91.